The zero-order chi connectivity index (χ0) is 15.4. The van der Waals surface area contributed by atoms with E-state index in [1.165, 1.54) is 56.6 Å². The molecule has 122 valence electrons. The Kier molecular flexibility index (Phi) is 5.37. The van der Waals surface area contributed by atoms with Crippen LogP contribution in [0.4, 0.5) is 5.69 Å². The number of hydrogen-bond donors (Lipinski definition) is 1. The smallest absolute Gasteiger partial charge is 0.0367 e. The molecule has 1 N–H and O–H groups in total. The summed E-state index contributed by atoms with van der Waals surface area (Å²) in [7, 11) is 0. The number of rotatable bonds is 4. The number of piperidine rings is 1. The summed E-state index contributed by atoms with van der Waals surface area (Å²) in [5.41, 5.74) is 2.87. The summed E-state index contributed by atoms with van der Waals surface area (Å²) >= 11 is 0. The third-order valence-electron chi connectivity index (χ3n) is 5.24. The van der Waals surface area contributed by atoms with Crippen LogP contribution in [0.25, 0.3) is 0 Å². The zero-order valence-corrected chi connectivity index (χ0v) is 14.2. The minimum atomic E-state index is 0.674. The first-order valence-electron chi connectivity index (χ1n) is 9.04. The Balaban J connectivity index is 1.53. The number of piperazine rings is 1. The standard InChI is InChI=1S/C19H31N3/c1-16(2)21-11-13-22(14-12-21)19-8-6-17(7-9-19)15-18-5-3-4-10-20-18/h6-9,16,18,20H,3-5,10-15H2,1-2H3. The lowest BCUT2D eigenvalue weighted by Crippen LogP contribution is -2.48. The van der Waals surface area contributed by atoms with Crippen molar-refractivity contribution in [1.29, 1.82) is 0 Å². The molecule has 1 unspecified atom stereocenters. The second-order valence-electron chi connectivity index (χ2n) is 7.13. The van der Waals surface area contributed by atoms with Crippen LogP contribution in [-0.2, 0) is 6.42 Å². The Labute approximate surface area is 135 Å². The highest BCUT2D eigenvalue weighted by Crippen LogP contribution is 2.20. The summed E-state index contributed by atoms with van der Waals surface area (Å²) < 4.78 is 0. The van der Waals surface area contributed by atoms with E-state index in [0.29, 0.717) is 12.1 Å². The second-order valence-corrected chi connectivity index (χ2v) is 7.13. The molecule has 2 heterocycles. The van der Waals surface area contributed by atoms with Crippen LogP contribution in [0.3, 0.4) is 0 Å². The molecule has 0 amide bonds. The Bertz CT molecular complexity index is 440. The molecule has 2 aliphatic heterocycles. The van der Waals surface area contributed by atoms with Gasteiger partial charge in [-0.2, -0.15) is 0 Å². The average molecular weight is 301 g/mol. The highest BCUT2D eigenvalue weighted by molar-refractivity contribution is 5.48. The number of anilines is 1. The quantitative estimate of drug-likeness (QED) is 0.922. The van der Waals surface area contributed by atoms with Gasteiger partial charge in [0.15, 0.2) is 0 Å². The highest BCUT2D eigenvalue weighted by atomic mass is 15.3. The first kappa shape index (κ1) is 15.8. The van der Waals surface area contributed by atoms with Gasteiger partial charge >= 0.3 is 0 Å². The van der Waals surface area contributed by atoms with Gasteiger partial charge in [0.25, 0.3) is 0 Å². The molecule has 0 spiro atoms. The number of hydrogen-bond acceptors (Lipinski definition) is 3. The molecular formula is C19H31N3. The topological polar surface area (TPSA) is 18.5 Å². The predicted molar refractivity (Wildman–Crippen MR) is 94.7 cm³/mol. The van der Waals surface area contributed by atoms with Crippen molar-refractivity contribution in [3.05, 3.63) is 29.8 Å². The number of benzene rings is 1. The van der Waals surface area contributed by atoms with Crippen molar-refractivity contribution in [2.45, 2.75) is 51.6 Å². The van der Waals surface area contributed by atoms with Gasteiger partial charge in [0.05, 0.1) is 0 Å². The molecule has 0 aliphatic carbocycles. The SMILES string of the molecule is CC(C)N1CCN(c2ccc(CC3CCCCN3)cc2)CC1. The molecule has 3 rings (SSSR count). The van der Waals surface area contributed by atoms with Gasteiger partial charge in [-0.05, 0) is 57.4 Å². The van der Waals surface area contributed by atoms with Gasteiger partial charge in [0, 0.05) is 44.0 Å². The van der Waals surface area contributed by atoms with E-state index in [1.54, 1.807) is 0 Å². The fraction of sp³-hybridized carbons (Fsp3) is 0.684. The van der Waals surface area contributed by atoms with E-state index in [4.69, 9.17) is 0 Å². The van der Waals surface area contributed by atoms with Crippen LogP contribution in [0.15, 0.2) is 24.3 Å². The molecule has 3 nitrogen and oxygen atoms in total. The van der Waals surface area contributed by atoms with E-state index in [2.05, 4.69) is 53.2 Å². The largest absolute Gasteiger partial charge is 0.369 e. The Morgan fingerprint density at radius 2 is 1.77 bits per heavy atom. The van der Waals surface area contributed by atoms with E-state index >= 15 is 0 Å². The maximum absolute atomic E-state index is 3.65. The first-order valence-corrected chi connectivity index (χ1v) is 9.04. The molecule has 1 atom stereocenters. The maximum atomic E-state index is 3.65. The minimum absolute atomic E-state index is 0.674. The lowest BCUT2D eigenvalue weighted by Gasteiger charge is -2.38. The van der Waals surface area contributed by atoms with Crippen molar-refractivity contribution in [3.63, 3.8) is 0 Å². The Morgan fingerprint density at radius 1 is 1.05 bits per heavy atom. The summed E-state index contributed by atoms with van der Waals surface area (Å²) in [6, 6.07) is 10.7. The molecule has 0 bridgehead atoms. The van der Waals surface area contributed by atoms with Gasteiger partial charge in [0.1, 0.15) is 0 Å². The first-order chi connectivity index (χ1) is 10.7. The van der Waals surface area contributed by atoms with Crippen LogP contribution in [0.1, 0.15) is 38.7 Å². The minimum Gasteiger partial charge on any atom is -0.369 e. The van der Waals surface area contributed by atoms with Crippen molar-refractivity contribution < 1.29 is 0 Å². The summed E-state index contributed by atoms with van der Waals surface area (Å²) in [5, 5.41) is 3.65. The molecule has 2 fully saturated rings. The van der Waals surface area contributed by atoms with Crippen LogP contribution >= 0.6 is 0 Å². The second kappa shape index (κ2) is 7.47. The summed E-state index contributed by atoms with van der Waals surface area (Å²) in [4.78, 5) is 5.10. The molecule has 2 saturated heterocycles. The predicted octanol–water partition coefficient (Wildman–Crippen LogP) is 2.90. The van der Waals surface area contributed by atoms with Crippen LogP contribution in [0.2, 0.25) is 0 Å². The molecular weight excluding hydrogens is 270 g/mol. The van der Waals surface area contributed by atoms with Gasteiger partial charge in [-0.3, -0.25) is 4.90 Å². The lowest BCUT2D eigenvalue weighted by atomic mass is 9.97. The van der Waals surface area contributed by atoms with E-state index in [0.717, 1.165) is 13.1 Å². The molecule has 0 aromatic heterocycles. The summed E-state index contributed by atoms with van der Waals surface area (Å²) in [6.07, 6.45) is 5.24. The van der Waals surface area contributed by atoms with Crippen molar-refractivity contribution in [3.8, 4) is 0 Å². The van der Waals surface area contributed by atoms with Crippen molar-refractivity contribution in [2.75, 3.05) is 37.6 Å². The summed E-state index contributed by atoms with van der Waals surface area (Å²) in [5.74, 6) is 0. The Morgan fingerprint density at radius 3 is 2.36 bits per heavy atom. The fourth-order valence-electron chi connectivity index (χ4n) is 3.72. The van der Waals surface area contributed by atoms with Crippen molar-refractivity contribution >= 4 is 5.69 Å². The number of nitrogens with zero attached hydrogens (tertiary/aromatic N) is 2. The molecule has 1 aromatic carbocycles. The van der Waals surface area contributed by atoms with Crippen LogP contribution in [-0.4, -0.2) is 49.7 Å². The van der Waals surface area contributed by atoms with Crippen molar-refractivity contribution in [1.82, 2.24) is 10.2 Å². The molecule has 0 radical (unpaired) electrons. The Hall–Kier alpha value is -1.06. The normalized spacial score (nSPS) is 24.0. The van der Waals surface area contributed by atoms with E-state index in [1.807, 2.05) is 0 Å². The summed E-state index contributed by atoms with van der Waals surface area (Å²) in [6.45, 7) is 10.5. The van der Waals surface area contributed by atoms with Gasteiger partial charge in [-0.1, -0.05) is 18.6 Å². The van der Waals surface area contributed by atoms with Gasteiger partial charge in [-0.15, -0.1) is 0 Å². The van der Waals surface area contributed by atoms with E-state index in [9.17, 15) is 0 Å². The third kappa shape index (κ3) is 4.02. The van der Waals surface area contributed by atoms with Gasteiger partial charge in [0.2, 0.25) is 0 Å². The molecule has 0 saturated carbocycles. The van der Waals surface area contributed by atoms with Crippen molar-refractivity contribution in [2.24, 2.45) is 0 Å². The molecule has 22 heavy (non-hydrogen) atoms. The molecule has 2 aliphatic rings. The average Bonchev–Trinajstić information content (AvgIpc) is 2.57. The maximum Gasteiger partial charge on any atom is 0.0367 e. The van der Waals surface area contributed by atoms with Crippen LogP contribution in [0, 0.1) is 0 Å². The van der Waals surface area contributed by atoms with Crippen LogP contribution in [0.5, 0.6) is 0 Å². The van der Waals surface area contributed by atoms with E-state index < -0.39 is 0 Å². The molecule has 1 aromatic rings. The van der Waals surface area contributed by atoms with Gasteiger partial charge < -0.3 is 10.2 Å². The third-order valence-corrected chi connectivity index (χ3v) is 5.24. The zero-order valence-electron chi connectivity index (χ0n) is 14.2. The fourth-order valence-corrected chi connectivity index (χ4v) is 3.72. The number of nitrogens with one attached hydrogen (secondary N) is 1. The lowest BCUT2D eigenvalue weighted by molar-refractivity contribution is 0.209. The molecule has 3 heteroatoms. The monoisotopic (exact) mass is 301 g/mol. The highest BCUT2D eigenvalue weighted by Gasteiger charge is 2.19. The van der Waals surface area contributed by atoms with Crippen LogP contribution < -0.4 is 10.2 Å². The van der Waals surface area contributed by atoms with Gasteiger partial charge in [-0.25, -0.2) is 0 Å². The van der Waals surface area contributed by atoms with E-state index in [-0.39, 0.29) is 0 Å².